The third-order valence-electron chi connectivity index (χ3n) is 1.18. The van der Waals surface area contributed by atoms with Crippen LogP contribution in [0.1, 0.15) is 6.92 Å². The molecule has 1 nitrogen and oxygen atoms in total. The van der Waals surface area contributed by atoms with Crippen LogP contribution in [0.15, 0.2) is 12.2 Å². The summed E-state index contributed by atoms with van der Waals surface area (Å²) in [6.07, 6.45) is 4.24. The third-order valence-corrected chi connectivity index (χ3v) is 1.18. The second kappa shape index (κ2) is 2.12. The van der Waals surface area contributed by atoms with Gasteiger partial charge in [0.2, 0.25) is 0 Å². The molecular formula is C6H10N. The van der Waals surface area contributed by atoms with Gasteiger partial charge in [-0.25, -0.2) is 0 Å². The van der Waals surface area contributed by atoms with E-state index in [2.05, 4.69) is 30.5 Å². The Kier molecular flexibility index (Phi) is 1.47. The van der Waals surface area contributed by atoms with Crippen LogP contribution in [0, 0.1) is 6.54 Å². The maximum absolute atomic E-state index is 2.25. The van der Waals surface area contributed by atoms with Crippen molar-refractivity contribution in [2.75, 3.05) is 13.1 Å². The molecule has 0 atom stereocenters. The van der Waals surface area contributed by atoms with Crippen LogP contribution >= 0.6 is 0 Å². The van der Waals surface area contributed by atoms with Gasteiger partial charge in [0.05, 0.1) is 0 Å². The molecule has 0 aromatic rings. The number of rotatable bonds is 1. The Bertz CT molecular complexity index is 68.2. The predicted molar refractivity (Wildman–Crippen MR) is 30.7 cm³/mol. The highest BCUT2D eigenvalue weighted by atomic mass is 15.1. The summed E-state index contributed by atoms with van der Waals surface area (Å²) in [7, 11) is 0. The molecule has 0 aromatic heterocycles. The lowest BCUT2D eigenvalue weighted by molar-refractivity contribution is 0.424. The SMILES string of the molecule is CCN1[CH]C=CC1. The van der Waals surface area contributed by atoms with Crippen molar-refractivity contribution < 1.29 is 0 Å². The van der Waals surface area contributed by atoms with E-state index in [1.54, 1.807) is 0 Å². The van der Waals surface area contributed by atoms with E-state index in [4.69, 9.17) is 0 Å². The number of hydrogen-bond acceptors (Lipinski definition) is 1. The van der Waals surface area contributed by atoms with Gasteiger partial charge in [0.1, 0.15) is 0 Å². The summed E-state index contributed by atoms with van der Waals surface area (Å²) in [5.41, 5.74) is 0. The number of likely N-dealkylation sites (N-methyl/N-ethyl adjacent to an activating group) is 1. The molecule has 1 aliphatic heterocycles. The second-order valence-corrected chi connectivity index (χ2v) is 1.66. The van der Waals surface area contributed by atoms with Crippen molar-refractivity contribution in [2.24, 2.45) is 0 Å². The monoisotopic (exact) mass is 96.1 g/mol. The molecule has 0 aliphatic carbocycles. The fraction of sp³-hybridized carbons (Fsp3) is 0.500. The van der Waals surface area contributed by atoms with Crippen LogP contribution in [0.5, 0.6) is 0 Å². The summed E-state index contributed by atoms with van der Waals surface area (Å²) in [6.45, 7) is 6.51. The minimum Gasteiger partial charge on any atom is -0.292 e. The Morgan fingerprint density at radius 2 is 2.57 bits per heavy atom. The van der Waals surface area contributed by atoms with Crippen LogP contribution in [-0.4, -0.2) is 18.0 Å². The first kappa shape index (κ1) is 4.85. The van der Waals surface area contributed by atoms with Crippen molar-refractivity contribution in [3.8, 4) is 0 Å². The van der Waals surface area contributed by atoms with Gasteiger partial charge in [0.15, 0.2) is 0 Å². The molecule has 1 radical (unpaired) electrons. The van der Waals surface area contributed by atoms with Crippen molar-refractivity contribution in [1.29, 1.82) is 0 Å². The fourth-order valence-electron chi connectivity index (χ4n) is 0.674. The highest BCUT2D eigenvalue weighted by Crippen LogP contribution is 2.00. The molecule has 7 heavy (non-hydrogen) atoms. The molecule has 0 N–H and O–H groups in total. The Hall–Kier alpha value is -0.300. The minimum absolute atomic E-state index is 1.11. The lowest BCUT2D eigenvalue weighted by Gasteiger charge is -2.07. The van der Waals surface area contributed by atoms with E-state index < -0.39 is 0 Å². The highest BCUT2D eigenvalue weighted by Gasteiger charge is 2.00. The molecule has 1 heteroatoms. The van der Waals surface area contributed by atoms with E-state index in [1.165, 1.54) is 0 Å². The van der Waals surface area contributed by atoms with E-state index in [1.807, 2.05) is 0 Å². The van der Waals surface area contributed by atoms with E-state index >= 15 is 0 Å². The van der Waals surface area contributed by atoms with Gasteiger partial charge >= 0.3 is 0 Å². The summed E-state index contributed by atoms with van der Waals surface area (Å²) >= 11 is 0. The minimum atomic E-state index is 1.11. The van der Waals surface area contributed by atoms with Gasteiger partial charge in [-0.1, -0.05) is 19.1 Å². The van der Waals surface area contributed by atoms with Gasteiger partial charge < -0.3 is 0 Å². The summed E-state index contributed by atoms with van der Waals surface area (Å²) in [5, 5.41) is 0. The van der Waals surface area contributed by atoms with Gasteiger partial charge in [-0.15, -0.1) is 0 Å². The van der Waals surface area contributed by atoms with Gasteiger partial charge in [-0.2, -0.15) is 0 Å². The van der Waals surface area contributed by atoms with E-state index in [0.29, 0.717) is 0 Å². The smallest absolute Gasteiger partial charge is 0.0473 e. The van der Waals surface area contributed by atoms with Crippen LogP contribution in [-0.2, 0) is 0 Å². The first-order valence-corrected chi connectivity index (χ1v) is 2.67. The quantitative estimate of drug-likeness (QED) is 0.471. The van der Waals surface area contributed by atoms with E-state index in [9.17, 15) is 0 Å². The van der Waals surface area contributed by atoms with E-state index in [-0.39, 0.29) is 0 Å². The van der Waals surface area contributed by atoms with Crippen LogP contribution < -0.4 is 0 Å². The van der Waals surface area contributed by atoms with Crippen molar-refractivity contribution in [2.45, 2.75) is 6.92 Å². The van der Waals surface area contributed by atoms with Crippen LogP contribution in [0.4, 0.5) is 0 Å². The van der Waals surface area contributed by atoms with Crippen LogP contribution in [0.2, 0.25) is 0 Å². The maximum Gasteiger partial charge on any atom is 0.0473 e. The van der Waals surface area contributed by atoms with Crippen LogP contribution in [0.3, 0.4) is 0 Å². The normalized spacial score (nSPS) is 21.3. The first-order chi connectivity index (χ1) is 3.43. The molecule has 0 amide bonds. The molecule has 0 saturated carbocycles. The van der Waals surface area contributed by atoms with Gasteiger partial charge in [0.25, 0.3) is 0 Å². The zero-order valence-corrected chi connectivity index (χ0v) is 4.59. The molecule has 0 fully saturated rings. The maximum atomic E-state index is 2.25. The Labute approximate surface area is 44.6 Å². The van der Waals surface area contributed by atoms with Crippen LogP contribution in [0.25, 0.3) is 0 Å². The van der Waals surface area contributed by atoms with E-state index in [0.717, 1.165) is 13.1 Å². The lowest BCUT2D eigenvalue weighted by Crippen LogP contribution is -2.14. The molecule has 0 spiro atoms. The molecule has 1 aliphatic rings. The second-order valence-electron chi connectivity index (χ2n) is 1.66. The summed E-state index contributed by atoms with van der Waals surface area (Å²) in [5.74, 6) is 0. The standard InChI is InChI=1S/C6H10N/c1-2-7-5-3-4-6-7/h3-5H,2,6H2,1H3. The third kappa shape index (κ3) is 1.03. The molecule has 0 aromatic carbocycles. The average molecular weight is 96.2 g/mol. The van der Waals surface area contributed by atoms with Crippen molar-refractivity contribution in [1.82, 2.24) is 4.90 Å². The molecule has 1 heterocycles. The van der Waals surface area contributed by atoms with Crippen molar-refractivity contribution in [3.63, 3.8) is 0 Å². The fourth-order valence-corrected chi connectivity index (χ4v) is 0.674. The lowest BCUT2D eigenvalue weighted by atomic mass is 10.6. The molecule has 1 rings (SSSR count). The van der Waals surface area contributed by atoms with Gasteiger partial charge in [-0.3, -0.25) is 4.90 Å². The highest BCUT2D eigenvalue weighted by molar-refractivity contribution is 5.03. The Balaban J connectivity index is 2.22. The van der Waals surface area contributed by atoms with Gasteiger partial charge in [0, 0.05) is 13.1 Å². The summed E-state index contributed by atoms with van der Waals surface area (Å²) in [4.78, 5) is 2.25. The van der Waals surface area contributed by atoms with Crippen molar-refractivity contribution in [3.05, 3.63) is 18.7 Å². The molecule has 39 valence electrons. The zero-order valence-electron chi connectivity index (χ0n) is 4.59. The molecular weight excluding hydrogens is 86.1 g/mol. The topological polar surface area (TPSA) is 3.24 Å². The largest absolute Gasteiger partial charge is 0.292 e. The Morgan fingerprint density at radius 1 is 1.71 bits per heavy atom. The Morgan fingerprint density at radius 3 is 2.86 bits per heavy atom. The van der Waals surface area contributed by atoms with Gasteiger partial charge in [-0.05, 0) is 6.54 Å². The summed E-state index contributed by atoms with van der Waals surface area (Å²) < 4.78 is 0. The van der Waals surface area contributed by atoms with Crippen molar-refractivity contribution >= 4 is 0 Å². The number of hydrogen-bond donors (Lipinski definition) is 0. The molecule has 0 unspecified atom stereocenters. The average Bonchev–Trinajstić information content (AvgIpc) is 2.14. The molecule has 0 bridgehead atoms. The molecule has 0 saturated heterocycles. The zero-order chi connectivity index (χ0) is 5.11. The first-order valence-electron chi connectivity index (χ1n) is 2.67. The summed E-state index contributed by atoms with van der Waals surface area (Å²) in [6, 6.07) is 0. The number of nitrogens with zero attached hydrogens (tertiary/aromatic N) is 1. The predicted octanol–water partition coefficient (Wildman–Crippen LogP) is 1.04.